The third kappa shape index (κ3) is 4.13. The standard InChI is InChI=1S/C22H18N4OS/c27-21(17-8-2-1-3-9-17)25-19-11-5-4-10-18(19)16-28-22-24-14-15-26(22)20-12-6-7-13-23-20/h1-15H,16H2,(H,25,27). The molecule has 0 aliphatic rings. The summed E-state index contributed by atoms with van der Waals surface area (Å²) in [5, 5.41) is 3.86. The lowest BCUT2D eigenvalue weighted by molar-refractivity contribution is 0.102. The van der Waals surface area contributed by atoms with Gasteiger partial charge >= 0.3 is 0 Å². The lowest BCUT2D eigenvalue weighted by atomic mass is 10.1. The lowest BCUT2D eigenvalue weighted by Gasteiger charge is -2.11. The van der Waals surface area contributed by atoms with Crippen LogP contribution < -0.4 is 5.32 Å². The minimum atomic E-state index is -0.118. The van der Waals surface area contributed by atoms with Gasteiger partial charge in [0, 0.05) is 35.6 Å². The van der Waals surface area contributed by atoms with E-state index in [1.54, 1.807) is 36.3 Å². The fraction of sp³-hybridized carbons (Fsp3) is 0.0455. The Morgan fingerprint density at radius 2 is 1.68 bits per heavy atom. The minimum Gasteiger partial charge on any atom is -0.322 e. The van der Waals surface area contributed by atoms with Crippen molar-refractivity contribution >= 4 is 23.4 Å². The van der Waals surface area contributed by atoms with Gasteiger partial charge in [0.1, 0.15) is 5.82 Å². The summed E-state index contributed by atoms with van der Waals surface area (Å²) in [7, 11) is 0. The monoisotopic (exact) mass is 386 g/mol. The van der Waals surface area contributed by atoms with Crippen LogP contribution in [0.2, 0.25) is 0 Å². The molecule has 2 aromatic carbocycles. The quantitative estimate of drug-likeness (QED) is 0.483. The molecule has 0 unspecified atom stereocenters. The predicted octanol–water partition coefficient (Wildman–Crippen LogP) is 4.81. The van der Waals surface area contributed by atoms with E-state index in [4.69, 9.17) is 0 Å². The van der Waals surface area contributed by atoms with Crippen molar-refractivity contribution in [3.05, 3.63) is 103 Å². The van der Waals surface area contributed by atoms with Crippen LogP contribution in [0.25, 0.3) is 5.82 Å². The van der Waals surface area contributed by atoms with E-state index in [1.807, 2.05) is 71.4 Å². The number of benzene rings is 2. The Labute approximate surface area is 167 Å². The second-order valence-corrected chi connectivity index (χ2v) is 6.98. The maximum Gasteiger partial charge on any atom is 0.255 e. The summed E-state index contributed by atoms with van der Waals surface area (Å²) in [6.45, 7) is 0. The molecular weight excluding hydrogens is 368 g/mol. The zero-order valence-corrected chi connectivity index (χ0v) is 15.8. The van der Waals surface area contributed by atoms with E-state index in [0.717, 1.165) is 22.2 Å². The van der Waals surface area contributed by atoms with Gasteiger partial charge in [0.15, 0.2) is 5.16 Å². The number of carbonyl (C=O) groups excluding carboxylic acids is 1. The second kappa shape index (κ2) is 8.54. The van der Waals surface area contributed by atoms with Crippen molar-refractivity contribution in [3.8, 4) is 5.82 Å². The SMILES string of the molecule is O=C(Nc1ccccc1CSc1nccn1-c1ccccn1)c1ccccc1. The molecule has 0 bridgehead atoms. The van der Waals surface area contributed by atoms with E-state index >= 15 is 0 Å². The Morgan fingerprint density at radius 1 is 0.893 bits per heavy atom. The molecule has 0 saturated heterocycles. The highest BCUT2D eigenvalue weighted by Crippen LogP contribution is 2.27. The van der Waals surface area contributed by atoms with Gasteiger partial charge in [-0.05, 0) is 35.9 Å². The molecule has 0 spiro atoms. The van der Waals surface area contributed by atoms with E-state index in [0.29, 0.717) is 11.3 Å². The largest absolute Gasteiger partial charge is 0.322 e. The zero-order chi connectivity index (χ0) is 19.2. The molecule has 0 radical (unpaired) electrons. The number of carbonyl (C=O) groups is 1. The van der Waals surface area contributed by atoms with E-state index in [9.17, 15) is 4.79 Å². The van der Waals surface area contributed by atoms with Crippen LogP contribution in [0.15, 0.2) is 96.5 Å². The summed E-state index contributed by atoms with van der Waals surface area (Å²) >= 11 is 1.60. The molecule has 28 heavy (non-hydrogen) atoms. The summed E-state index contributed by atoms with van der Waals surface area (Å²) in [5.41, 5.74) is 2.47. The maximum atomic E-state index is 12.5. The topological polar surface area (TPSA) is 59.8 Å². The molecule has 4 rings (SSSR count). The van der Waals surface area contributed by atoms with Crippen LogP contribution in [0.4, 0.5) is 5.69 Å². The van der Waals surface area contributed by atoms with Gasteiger partial charge in [0.25, 0.3) is 5.91 Å². The number of nitrogens with one attached hydrogen (secondary N) is 1. The third-order valence-corrected chi connectivity index (χ3v) is 5.18. The van der Waals surface area contributed by atoms with Crippen molar-refractivity contribution in [2.45, 2.75) is 10.9 Å². The van der Waals surface area contributed by atoms with Crippen LogP contribution in [-0.2, 0) is 5.75 Å². The molecule has 0 aliphatic carbocycles. The minimum absolute atomic E-state index is 0.118. The fourth-order valence-electron chi connectivity index (χ4n) is 2.76. The van der Waals surface area contributed by atoms with Crippen molar-refractivity contribution in [2.24, 2.45) is 0 Å². The Morgan fingerprint density at radius 3 is 2.50 bits per heavy atom. The van der Waals surface area contributed by atoms with Crippen LogP contribution in [0.5, 0.6) is 0 Å². The molecule has 0 saturated carbocycles. The summed E-state index contributed by atoms with van der Waals surface area (Å²) in [5.74, 6) is 1.39. The number of imidazole rings is 1. The number of anilines is 1. The molecule has 5 nitrogen and oxygen atoms in total. The highest BCUT2D eigenvalue weighted by molar-refractivity contribution is 7.98. The van der Waals surface area contributed by atoms with Gasteiger partial charge in [-0.1, -0.05) is 54.2 Å². The molecule has 2 aromatic heterocycles. The number of pyridine rings is 1. The van der Waals surface area contributed by atoms with Crippen LogP contribution in [-0.4, -0.2) is 20.4 Å². The first-order chi connectivity index (χ1) is 13.8. The van der Waals surface area contributed by atoms with Crippen molar-refractivity contribution in [3.63, 3.8) is 0 Å². The summed E-state index contributed by atoms with van der Waals surface area (Å²) in [6.07, 6.45) is 5.42. The zero-order valence-electron chi connectivity index (χ0n) is 15.0. The van der Waals surface area contributed by atoms with Crippen LogP contribution >= 0.6 is 11.8 Å². The van der Waals surface area contributed by atoms with Gasteiger partial charge in [-0.25, -0.2) is 9.97 Å². The Hall–Kier alpha value is -3.38. The number of para-hydroxylation sites is 1. The molecule has 1 amide bonds. The Bertz CT molecular complexity index is 1060. The third-order valence-electron chi connectivity index (χ3n) is 4.16. The smallest absolute Gasteiger partial charge is 0.255 e. The number of thioether (sulfide) groups is 1. The van der Waals surface area contributed by atoms with E-state index < -0.39 is 0 Å². The Balaban J connectivity index is 1.50. The van der Waals surface area contributed by atoms with Crippen molar-refractivity contribution in [1.29, 1.82) is 0 Å². The summed E-state index contributed by atoms with van der Waals surface area (Å²) in [4.78, 5) is 21.3. The normalized spacial score (nSPS) is 10.6. The molecule has 6 heteroatoms. The molecule has 138 valence electrons. The number of hydrogen-bond acceptors (Lipinski definition) is 4. The maximum absolute atomic E-state index is 12.5. The first-order valence-electron chi connectivity index (χ1n) is 8.83. The van der Waals surface area contributed by atoms with Crippen molar-refractivity contribution < 1.29 is 4.79 Å². The van der Waals surface area contributed by atoms with Crippen LogP contribution in [0, 0.1) is 0 Å². The average Bonchev–Trinajstić information content (AvgIpc) is 3.23. The van der Waals surface area contributed by atoms with Gasteiger partial charge < -0.3 is 5.32 Å². The number of rotatable bonds is 6. The van der Waals surface area contributed by atoms with Crippen molar-refractivity contribution in [2.75, 3.05) is 5.32 Å². The van der Waals surface area contributed by atoms with E-state index in [-0.39, 0.29) is 5.91 Å². The molecule has 0 atom stereocenters. The van der Waals surface area contributed by atoms with Gasteiger partial charge in [0.2, 0.25) is 0 Å². The molecular formula is C22H18N4OS. The molecule has 1 N–H and O–H groups in total. The fourth-order valence-corrected chi connectivity index (χ4v) is 3.73. The predicted molar refractivity (Wildman–Crippen MR) is 112 cm³/mol. The van der Waals surface area contributed by atoms with Gasteiger partial charge in [0.05, 0.1) is 0 Å². The van der Waals surface area contributed by atoms with Crippen LogP contribution in [0.3, 0.4) is 0 Å². The second-order valence-electron chi connectivity index (χ2n) is 6.03. The summed E-state index contributed by atoms with van der Waals surface area (Å²) < 4.78 is 1.95. The first kappa shape index (κ1) is 18.0. The molecule has 0 aliphatic heterocycles. The van der Waals surface area contributed by atoms with Crippen LogP contribution in [0.1, 0.15) is 15.9 Å². The number of amides is 1. The van der Waals surface area contributed by atoms with Gasteiger partial charge in [-0.2, -0.15) is 0 Å². The highest BCUT2D eigenvalue weighted by atomic mass is 32.2. The number of nitrogens with zero attached hydrogens (tertiary/aromatic N) is 3. The van der Waals surface area contributed by atoms with E-state index in [1.165, 1.54) is 0 Å². The van der Waals surface area contributed by atoms with Gasteiger partial charge in [-0.3, -0.25) is 9.36 Å². The Kier molecular flexibility index (Phi) is 5.49. The highest BCUT2D eigenvalue weighted by Gasteiger charge is 2.11. The van der Waals surface area contributed by atoms with Gasteiger partial charge in [-0.15, -0.1) is 0 Å². The number of aromatic nitrogens is 3. The average molecular weight is 386 g/mol. The molecule has 4 aromatic rings. The molecule has 2 heterocycles. The first-order valence-corrected chi connectivity index (χ1v) is 9.82. The summed E-state index contributed by atoms with van der Waals surface area (Å²) in [6, 6.07) is 22.8. The number of hydrogen-bond donors (Lipinski definition) is 1. The molecule has 0 fully saturated rings. The van der Waals surface area contributed by atoms with E-state index in [2.05, 4.69) is 15.3 Å². The van der Waals surface area contributed by atoms with Crippen molar-refractivity contribution in [1.82, 2.24) is 14.5 Å². The lowest BCUT2D eigenvalue weighted by Crippen LogP contribution is -2.13.